The van der Waals surface area contributed by atoms with Gasteiger partial charge in [-0.2, -0.15) is 154 Å². The molecule has 326 valence electrons. The van der Waals surface area contributed by atoms with Gasteiger partial charge >= 0.3 is 95.5 Å². The lowest BCUT2D eigenvalue weighted by molar-refractivity contribution is -0.463. The van der Waals surface area contributed by atoms with E-state index in [0.29, 0.717) is 0 Å². The first kappa shape index (κ1) is 51.5. The summed E-state index contributed by atoms with van der Waals surface area (Å²) in [5.41, 5.74) is 0. The highest BCUT2D eigenvalue weighted by atomic mass is 19.5. The van der Waals surface area contributed by atoms with Crippen LogP contribution in [0.1, 0.15) is 0 Å². The van der Waals surface area contributed by atoms with Crippen molar-refractivity contribution < 1.29 is 158 Å². The third kappa shape index (κ3) is 6.64. The van der Waals surface area contributed by atoms with Gasteiger partial charge in [-0.3, -0.25) is 0 Å². The van der Waals surface area contributed by atoms with Crippen LogP contribution in [0, 0.1) is 0 Å². The molecule has 0 spiro atoms. The van der Waals surface area contributed by atoms with E-state index in [1.807, 2.05) is 0 Å². The van der Waals surface area contributed by atoms with E-state index in [9.17, 15) is 154 Å². The Kier molecular flexibility index (Phi) is 12.2. The zero-order valence-electron chi connectivity index (χ0n) is 22.9. The van der Waals surface area contributed by atoms with Gasteiger partial charge in [-0.15, -0.1) is 0 Å². The normalized spacial score (nSPS) is 17.1. The first-order valence-electron chi connectivity index (χ1n) is 11.3. The fourth-order valence-corrected chi connectivity index (χ4v) is 3.02. The highest BCUT2D eigenvalue weighted by molar-refractivity contribution is 5.16. The molecule has 0 aromatic heterocycles. The molecule has 0 heterocycles. The highest BCUT2D eigenvalue weighted by Crippen LogP contribution is 2.65. The minimum atomic E-state index is -9.63. The largest absolute Gasteiger partial charge is 0.460 e. The van der Waals surface area contributed by atoms with Gasteiger partial charge in [0.15, 0.2) is 6.10 Å². The molecule has 0 amide bonds. The zero-order chi connectivity index (χ0) is 45.0. The Morgan fingerprint density at radius 2 is 0.426 bits per heavy atom. The van der Waals surface area contributed by atoms with Gasteiger partial charge in [-0.05, 0) is 0 Å². The lowest BCUT2D eigenvalue weighted by atomic mass is 9.86. The summed E-state index contributed by atoms with van der Waals surface area (Å²) in [4.78, 5) is 0. The van der Waals surface area contributed by atoms with Crippen LogP contribution in [0.3, 0.4) is 0 Å². The van der Waals surface area contributed by atoms with E-state index in [4.69, 9.17) is 0 Å². The van der Waals surface area contributed by atoms with Gasteiger partial charge in [0.2, 0.25) is 0 Å². The third-order valence-electron chi connectivity index (χ3n) is 6.21. The van der Waals surface area contributed by atoms with Gasteiger partial charge in [0.25, 0.3) is 0 Å². The Labute approximate surface area is 268 Å². The molecule has 36 heteroatoms. The smallest absolute Gasteiger partial charge is 0.359 e. The maximum absolute atomic E-state index is 14.4. The SMILES string of the molecule is FC(F)(F)C(F)(F)C(F)(F)C(F)(F)C(F)(F)C(OCC(F)(F)C(F)(F)C(F)(F)C(F)(F)C(F)(F)C(F)(F)F)C(F)(F)C(F)(F)C(F)(F)C(F)(F)C(F)(F)F. The maximum atomic E-state index is 14.4. The van der Waals surface area contributed by atoms with Crippen LogP contribution < -0.4 is 0 Å². The summed E-state index contributed by atoms with van der Waals surface area (Å²) < 4.78 is 465. The van der Waals surface area contributed by atoms with Crippen LogP contribution in [-0.2, 0) is 4.74 Å². The van der Waals surface area contributed by atoms with Crippen molar-refractivity contribution in [3.8, 4) is 0 Å². The number of hydrogen-bond donors (Lipinski definition) is 0. The van der Waals surface area contributed by atoms with E-state index in [0.717, 1.165) is 0 Å². The Morgan fingerprint density at radius 1 is 0.241 bits per heavy atom. The zero-order valence-corrected chi connectivity index (χ0v) is 22.9. The third-order valence-corrected chi connectivity index (χ3v) is 6.21. The van der Waals surface area contributed by atoms with Crippen molar-refractivity contribution in [1.82, 2.24) is 0 Å². The number of hydrogen-bond acceptors (Lipinski definition) is 1. The number of rotatable bonds is 15. The van der Waals surface area contributed by atoms with E-state index in [1.165, 1.54) is 0 Å². The molecular weight excluding hydrogens is 897 g/mol. The summed E-state index contributed by atoms with van der Waals surface area (Å²) in [6, 6.07) is 0. The second-order valence-electron chi connectivity index (χ2n) is 9.88. The highest BCUT2D eigenvalue weighted by Gasteiger charge is 2.95. The fraction of sp³-hybridized carbons (Fsp3) is 1.00. The van der Waals surface area contributed by atoms with Crippen molar-refractivity contribution in [2.75, 3.05) is 6.61 Å². The summed E-state index contributed by atoms with van der Waals surface area (Å²) in [5.74, 6) is -120. The van der Waals surface area contributed by atoms with Crippen molar-refractivity contribution in [3.05, 3.63) is 0 Å². The van der Waals surface area contributed by atoms with E-state index in [2.05, 4.69) is 0 Å². The van der Waals surface area contributed by atoms with Crippen LogP contribution in [0.15, 0.2) is 0 Å². The van der Waals surface area contributed by atoms with E-state index in [1.54, 1.807) is 4.74 Å². The van der Waals surface area contributed by atoms with Gasteiger partial charge in [0.1, 0.15) is 6.61 Å². The lowest BCUT2D eigenvalue weighted by Gasteiger charge is -2.45. The lowest BCUT2D eigenvalue weighted by Crippen LogP contribution is -2.76. The Morgan fingerprint density at radius 3 is 0.630 bits per heavy atom. The Balaban J connectivity index is 8.10. The van der Waals surface area contributed by atoms with Gasteiger partial charge in [0, 0.05) is 0 Å². The van der Waals surface area contributed by atoms with Crippen molar-refractivity contribution in [3.63, 3.8) is 0 Å². The topological polar surface area (TPSA) is 9.23 Å². The quantitative estimate of drug-likeness (QED) is 0.149. The molecule has 0 radical (unpaired) electrons. The van der Waals surface area contributed by atoms with Crippen molar-refractivity contribution in [1.29, 1.82) is 0 Å². The molecule has 0 aromatic rings. The molecule has 0 rings (SSSR count). The molecule has 0 saturated heterocycles. The molecule has 54 heavy (non-hydrogen) atoms. The number of alkyl halides is 35. The Bertz CT molecular complexity index is 1260. The summed E-state index contributed by atoms with van der Waals surface area (Å²) in [5, 5.41) is 0. The van der Waals surface area contributed by atoms with Crippen LogP contribution in [0.4, 0.5) is 154 Å². The van der Waals surface area contributed by atoms with Crippen molar-refractivity contribution in [2.24, 2.45) is 0 Å². The number of ether oxygens (including phenoxy) is 1. The van der Waals surface area contributed by atoms with Gasteiger partial charge in [0.05, 0.1) is 0 Å². The van der Waals surface area contributed by atoms with Crippen LogP contribution in [0.5, 0.6) is 0 Å². The summed E-state index contributed by atoms with van der Waals surface area (Å²) >= 11 is 0. The molecule has 1 nitrogen and oxygen atoms in total. The molecule has 0 fully saturated rings. The van der Waals surface area contributed by atoms with E-state index in [-0.39, 0.29) is 0 Å². The van der Waals surface area contributed by atoms with Gasteiger partial charge < -0.3 is 4.74 Å². The molecule has 0 aromatic carbocycles. The van der Waals surface area contributed by atoms with Crippen LogP contribution in [-0.4, -0.2) is 108 Å². The van der Waals surface area contributed by atoms with Crippen LogP contribution >= 0.6 is 0 Å². The van der Waals surface area contributed by atoms with Crippen LogP contribution in [0.2, 0.25) is 0 Å². The fourth-order valence-electron chi connectivity index (χ4n) is 3.02. The average molecular weight is 900 g/mol. The second-order valence-corrected chi connectivity index (χ2v) is 9.88. The predicted octanol–water partition coefficient (Wildman–Crippen LogP) is 11.3. The molecule has 0 unspecified atom stereocenters. The molecule has 0 aliphatic heterocycles. The van der Waals surface area contributed by atoms with Crippen molar-refractivity contribution >= 4 is 0 Å². The monoisotopic (exact) mass is 900 g/mol. The minimum absolute atomic E-state index is 1.55. The maximum Gasteiger partial charge on any atom is 0.460 e. The summed E-state index contributed by atoms with van der Waals surface area (Å²) in [7, 11) is 0. The summed E-state index contributed by atoms with van der Waals surface area (Å²) in [6.45, 7) is -5.66. The van der Waals surface area contributed by atoms with E-state index < -0.39 is 108 Å². The Hall–Kier alpha value is -2.49. The standard InChI is InChI=1S/C18H3F35O/c19-3(20,6(25,26)9(31,32)12(37,38)15(43,44)18(51,52)53)1-54-2(4(21,22)7(27,28)10(33,34)13(39,40)16(45,46)47)5(23,24)8(29,30)11(35,36)14(41,42)17(48,49)50/h2H,1H2. The molecule has 0 bridgehead atoms. The van der Waals surface area contributed by atoms with Gasteiger partial charge in [-0.1, -0.05) is 0 Å². The summed E-state index contributed by atoms with van der Waals surface area (Å²) in [6.07, 6.45) is -33.3. The average Bonchev–Trinajstić information content (AvgIpc) is 2.89. The molecule has 0 N–H and O–H groups in total. The second kappa shape index (κ2) is 12.8. The van der Waals surface area contributed by atoms with Crippen molar-refractivity contribution in [2.45, 2.75) is 102 Å². The first-order valence-corrected chi connectivity index (χ1v) is 11.3. The van der Waals surface area contributed by atoms with Crippen LogP contribution in [0.25, 0.3) is 0 Å². The molecule has 0 atom stereocenters. The molecule has 0 saturated carbocycles. The first-order chi connectivity index (χ1) is 22.6. The minimum Gasteiger partial charge on any atom is -0.359 e. The number of halogens is 35. The van der Waals surface area contributed by atoms with E-state index >= 15 is 0 Å². The predicted molar refractivity (Wildman–Crippen MR) is 92.2 cm³/mol. The van der Waals surface area contributed by atoms with Gasteiger partial charge in [-0.25, -0.2) is 0 Å². The molecule has 0 aliphatic carbocycles. The molecular formula is C18H3F35O. The molecule has 0 aliphatic rings.